The van der Waals surface area contributed by atoms with E-state index in [0.717, 1.165) is 6.07 Å². The summed E-state index contributed by atoms with van der Waals surface area (Å²) in [6, 6.07) is 3.41. The molecule has 4 nitrogen and oxygen atoms in total. The zero-order valence-electron chi connectivity index (χ0n) is 10.6. The van der Waals surface area contributed by atoms with Gasteiger partial charge in [-0.1, -0.05) is 0 Å². The normalized spacial score (nSPS) is 11.0. The van der Waals surface area contributed by atoms with Crippen LogP contribution in [0.3, 0.4) is 0 Å². The smallest absolute Gasteiger partial charge is 0.416 e. The summed E-state index contributed by atoms with van der Waals surface area (Å²) < 4.78 is 43.3. The van der Waals surface area contributed by atoms with Crippen molar-refractivity contribution in [2.24, 2.45) is 0 Å². The predicted molar refractivity (Wildman–Crippen MR) is 62.4 cm³/mol. The summed E-state index contributed by atoms with van der Waals surface area (Å²) in [6.07, 6.45) is -5.14. The number of hydrogen-bond donors (Lipinski definition) is 1. The van der Waals surface area contributed by atoms with Crippen LogP contribution < -0.4 is 0 Å². The third-order valence-corrected chi connectivity index (χ3v) is 2.58. The van der Waals surface area contributed by atoms with Gasteiger partial charge in [0.05, 0.1) is 36.8 Å². The van der Waals surface area contributed by atoms with Gasteiger partial charge in [0, 0.05) is 0 Å². The Kier molecular flexibility index (Phi) is 5.11. The molecule has 0 amide bonds. The van der Waals surface area contributed by atoms with Crippen molar-refractivity contribution in [3.63, 3.8) is 0 Å². The van der Waals surface area contributed by atoms with Crippen LogP contribution >= 0.6 is 0 Å². The number of ether oxygens (including phenoxy) is 1. The van der Waals surface area contributed by atoms with E-state index in [9.17, 15) is 18.0 Å². The number of carbonyl (C=O) groups is 1. The van der Waals surface area contributed by atoms with Gasteiger partial charge in [-0.2, -0.15) is 18.4 Å². The molecule has 7 heteroatoms. The number of rotatable bonds is 4. The standard InChI is InChI=1S/C13H12F3NO3/c1-2-20-12(19)5-9-3-8(6-17)4-11(10(9)7-18)13(14,15)16/h3-4,18H,2,5,7H2,1H3. The van der Waals surface area contributed by atoms with Gasteiger partial charge < -0.3 is 9.84 Å². The van der Waals surface area contributed by atoms with Gasteiger partial charge in [-0.3, -0.25) is 4.79 Å². The monoisotopic (exact) mass is 287 g/mol. The molecule has 0 fully saturated rings. The fourth-order valence-corrected chi connectivity index (χ4v) is 1.76. The van der Waals surface area contributed by atoms with Gasteiger partial charge in [-0.05, 0) is 30.2 Å². The molecule has 1 aromatic carbocycles. The largest absolute Gasteiger partial charge is 0.466 e. The van der Waals surface area contributed by atoms with Gasteiger partial charge in [0.1, 0.15) is 0 Å². The molecule has 1 aromatic rings. The Morgan fingerprint density at radius 3 is 2.55 bits per heavy atom. The number of alkyl halides is 3. The molecular formula is C13H12F3NO3. The fraction of sp³-hybridized carbons (Fsp3) is 0.385. The summed E-state index contributed by atoms with van der Waals surface area (Å²) in [6.45, 7) is 0.782. The van der Waals surface area contributed by atoms with Crippen LogP contribution in [-0.2, 0) is 28.7 Å². The summed E-state index contributed by atoms with van der Waals surface area (Å²) in [5.41, 5.74) is -1.81. The first-order valence-electron chi connectivity index (χ1n) is 5.73. The quantitative estimate of drug-likeness (QED) is 0.862. The Bertz CT molecular complexity index is 547. The number of aliphatic hydroxyl groups is 1. The molecule has 0 aliphatic heterocycles. The van der Waals surface area contributed by atoms with E-state index in [1.54, 1.807) is 13.0 Å². The molecule has 0 aliphatic carbocycles. The molecule has 0 saturated heterocycles. The van der Waals surface area contributed by atoms with Crippen LogP contribution in [0.25, 0.3) is 0 Å². The van der Waals surface area contributed by atoms with Crippen molar-refractivity contribution in [1.29, 1.82) is 5.26 Å². The molecule has 108 valence electrons. The number of nitriles is 1. The predicted octanol–water partition coefficient (Wildman–Crippen LogP) is 2.17. The summed E-state index contributed by atoms with van der Waals surface area (Å²) in [5, 5.41) is 17.9. The number of nitrogens with zero attached hydrogens (tertiary/aromatic N) is 1. The molecule has 0 saturated carbocycles. The first-order valence-corrected chi connectivity index (χ1v) is 5.73. The van der Waals surface area contributed by atoms with Crippen LogP contribution in [0.1, 0.15) is 29.2 Å². The second kappa shape index (κ2) is 6.39. The SMILES string of the molecule is CCOC(=O)Cc1cc(C#N)cc(C(F)(F)F)c1CO. The molecule has 0 aromatic heterocycles. The Morgan fingerprint density at radius 1 is 1.45 bits per heavy atom. The summed E-state index contributed by atoms with van der Waals surface area (Å²) in [5.74, 6) is -0.717. The highest BCUT2D eigenvalue weighted by Gasteiger charge is 2.35. The second-order valence-electron chi connectivity index (χ2n) is 3.91. The molecule has 0 aliphatic rings. The first kappa shape index (κ1) is 16.0. The number of carbonyl (C=O) groups excluding carboxylic acids is 1. The van der Waals surface area contributed by atoms with Crippen molar-refractivity contribution in [2.75, 3.05) is 6.61 Å². The molecule has 0 heterocycles. The number of halogens is 3. The fourth-order valence-electron chi connectivity index (χ4n) is 1.76. The molecule has 0 unspecified atom stereocenters. The van der Waals surface area contributed by atoms with E-state index in [1.165, 1.54) is 0 Å². The lowest BCUT2D eigenvalue weighted by Gasteiger charge is -2.15. The minimum Gasteiger partial charge on any atom is -0.466 e. The number of hydrogen-bond acceptors (Lipinski definition) is 4. The van der Waals surface area contributed by atoms with Gasteiger partial charge in [0.25, 0.3) is 0 Å². The van der Waals surface area contributed by atoms with Crippen LogP contribution in [-0.4, -0.2) is 17.7 Å². The highest BCUT2D eigenvalue weighted by Crippen LogP contribution is 2.34. The van der Waals surface area contributed by atoms with E-state index < -0.39 is 36.3 Å². The van der Waals surface area contributed by atoms with Crippen molar-refractivity contribution in [2.45, 2.75) is 26.1 Å². The average Bonchev–Trinajstić information content (AvgIpc) is 2.36. The van der Waals surface area contributed by atoms with Crippen LogP contribution in [0.15, 0.2) is 12.1 Å². The van der Waals surface area contributed by atoms with Crippen LogP contribution in [0.4, 0.5) is 13.2 Å². The van der Waals surface area contributed by atoms with Gasteiger partial charge in [0.15, 0.2) is 0 Å². The number of esters is 1. The molecule has 1 rings (SSSR count). The molecule has 0 bridgehead atoms. The van der Waals surface area contributed by atoms with Gasteiger partial charge in [0.2, 0.25) is 0 Å². The lowest BCUT2D eigenvalue weighted by molar-refractivity contribution is -0.143. The maximum absolute atomic E-state index is 12.9. The number of aliphatic hydroxyl groups excluding tert-OH is 1. The topological polar surface area (TPSA) is 70.3 Å². The molecule has 0 radical (unpaired) electrons. The number of benzene rings is 1. The third-order valence-electron chi connectivity index (χ3n) is 2.58. The van der Waals surface area contributed by atoms with Crippen molar-refractivity contribution < 1.29 is 27.8 Å². The van der Waals surface area contributed by atoms with E-state index in [0.29, 0.717) is 6.07 Å². The zero-order chi connectivity index (χ0) is 15.3. The zero-order valence-corrected chi connectivity index (χ0v) is 10.6. The lowest BCUT2D eigenvalue weighted by Crippen LogP contribution is -2.15. The van der Waals surface area contributed by atoms with Crippen LogP contribution in [0.2, 0.25) is 0 Å². The summed E-state index contributed by atoms with van der Waals surface area (Å²) in [7, 11) is 0. The maximum Gasteiger partial charge on any atom is 0.416 e. The van der Waals surface area contributed by atoms with Gasteiger partial charge in [-0.25, -0.2) is 0 Å². The van der Waals surface area contributed by atoms with E-state index in [4.69, 9.17) is 10.4 Å². The first-order chi connectivity index (χ1) is 9.33. The van der Waals surface area contributed by atoms with E-state index in [2.05, 4.69) is 4.74 Å². The van der Waals surface area contributed by atoms with E-state index in [-0.39, 0.29) is 17.7 Å². The molecule has 1 N–H and O–H groups in total. The average molecular weight is 287 g/mol. The van der Waals surface area contributed by atoms with Crippen LogP contribution in [0, 0.1) is 11.3 Å². The lowest BCUT2D eigenvalue weighted by atomic mass is 9.96. The molecule has 20 heavy (non-hydrogen) atoms. The Hall–Kier alpha value is -2.07. The minimum absolute atomic E-state index is 0.0580. The maximum atomic E-state index is 12.9. The van der Waals surface area contributed by atoms with Crippen molar-refractivity contribution in [3.05, 3.63) is 34.4 Å². The van der Waals surface area contributed by atoms with E-state index >= 15 is 0 Å². The molecular weight excluding hydrogens is 275 g/mol. The Morgan fingerprint density at radius 2 is 2.10 bits per heavy atom. The summed E-state index contributed by atoms with van der Waals surface area (Å²) in [4.78, 5) is 11.4. The van der Waals surface area contributed by atoms with Crippen molar-refractivity contribution >= 4 is 5.97 Å². The highest BCUT2D eigenvalue weighted by molar-refractivity contribution is 5.73. The Balaban J connectivity index is 3.35. The van der Waals surface area contributed by atoms with Crippen molar-refractivity contribution in [1.82, 2.24) is 0 Å². The molecule has 0 atom stereocenters. The van der Waals surface area contributed by atoms with Crippen molar-refractivity contribution in [3.8, 4) is 6.07 Å². The Labute approximate surface area is 113 Å². The minimum atomic E-state index is -4.71. The third kappa shape index (κ3) is 3.71. The van der Waals surface area contributed by atoms with Crippen LogP contribution in [0.5, 0.6) is 0 Å². The van der Waals surface area contributed by atoms with Gasteiger partial charge in [-0.15, -0.1) is 0 Å². The summed E-state index contributed by atoms with van der Waals surface area (Å²) >= 11 is 0. The highest BCUT2D eigenvalue weighted by atomic mass is 19.4. The van der Waals surface area contributed by atoms with E-state index in [1.807, 2.05) is 0 Å². The second-order valence-corrected chi connectivity index (χ2v) is 3.91. The molecule has 0 spiro atoms. The van der Waals surface area contributed by atoms with Gasteiger partial charge >= 0.3 is 12.1 Å².